The summed E-state index contributed by atoms with van der Waals surface area (Å²) in [6.07, 6.45) is 6.20. The number of carbonyl (C=O) groups excluding carboxylic acids is 3. The minimum Gasteiger partial charge on any atom is -0.322 e. The number of nitrogens with one attached hydrogen (secondary N) is 2. The molecule has 5 rings (SSSR count). The standard InChI is InChI=1S/C21H24N4O3/c26-18-7-6-17(19(27)23-18)25-11-16-14(4-3-5-15(16)20(25)28)10-24-9-2-1-8-21(24)12-22-13-21/h1-5,17,22H,6-13H2,(H,23,26,27). The number of amides is 3. The van der Waals surface area contributed by atoms with Crippen LogP contribution in [-0.4, -0.2) is 58.7 Å². The van der Waals surface area contributed by atoms with Crippen molar-refractivity contribution in [1.29, 1.82) is 0 Å². The summed E-state index contributed by atoms with van der Waals surface area (Å²) < 4.78 is 0. The fourth-order valence-corrected chi connectivity index (χ4v) is 4.84. The molecule has 0 radical (unpaired) electrons. The van der Waals surface area contributed by atoms with Crippen molar-refractivity contribution in [3.8, 4) is 0 Å². The second kappa shape index (κ2) is 6.53. The number of rotatable bonds is 3. The Hall–Kier alpha value is -2.51. The first-order valence-corrected chi connectivity index (χ1v) is 9.94. The van der Waals surface area contributed by atoms with E-state index < -0.39 is 6.04 Å². The second-order valence-corrected chi connectivity index (χ2v) is 8.23. The molecule has 1 spiro atoms. The average molecular weight is 380 g/mol. The van der Waals surface area contributed by atoms with Crippen LogP contribution in [0.2, 0.25) is 0 Å². The van der Waals surface area contributed by atoms with Gasteiger partial charge in [0.2, 0.25) is 11.8 Å². The van der Waals surface area contributed by atoms with E-state index in [1.165, 1.54) is 0 Å². The van der Waals surface area contributed by atoms with Crippen molar-refractivity contribution in [2.24, 2.45) is 0 Å². The first kappa shape index (κ1) is 17.6. The van der Waals surface area contributed by atoms with Crippen LogP contribution in [-0.2, 0) is 22.7 Å². The van der Waals surface area contributed by atoms with Gasteiger partial charge in [-0.3, -0.25) is 24.6 Å². The summed E-state index contributed by atoms with van der Waals surface area (Å²) in [5.41, 5.74) is 3.05. The summed E-state index contributed by atoms with van der Waals surface area (Å²) in [6, 6.07) is 5.32. The number of benzene rings is 1. The molecule has 1 aromatic rings. The molecular formula is C21H24N4O3. The van der Waals surface area contributed by atoms with Crippen LogP contribution in [0.4, 0.5) is 0 Å². The molecule has 1 unspecified atom stereocenters. The van der Waals surface area contributed by atoms with Crippen LogP contribution in [0.15, 0.2) is 30.4 Å². The Morgan fingerprint density at radius 3 is 2.75 bits per heavy atom. The van der Waals surface area contributed by atoms with E-state index in [2.05, 4.69) is 33.8 Å². The Kier molecular flexibility index (Phi) is 4.10. The van der Waals surface area contributed by atoms with Gasteiger partial charge in [0, 0.05) is 50.2 Å². The van der Waals surface area contributed by atoms with Crippen LogP contribution >= 0.6 is 0 Å². The van der Waals surface area contributed by atoms with E-state index >= 15 is 0 Å². The smallest absolute Gasteiger partial charge is 0.255 e. The predicted molar refractivity (Wildman–Crippen MR) is 102 cm³/mol. The summed E-state index contributed by atoms with van der Waals surface area (Å²) in [4.78, 5) is 40.8. The van der Waals surface area contributed by atoms with E-state index in [0.717, 1.165) is 43.7 Å². The fourth-order valence-electron chi connectivity index (χ4n) is 4.84. The van der Waals surface area contributed by atoms with Gasteiger partial charge in [0.15, 0.2) is 0 Å². The minimum absolute atomic E-state index is 0.107. The molecule has 1 aromatic carbocycles. The zero-order valence-corrected chi connectivity index (χ0v) is 15.7. The summed E-state index contributed by atoms with van der Waals surface area (Å²) in [5, 5.41) is 5.76. The Morgan fingerprint density at radius 2 is 2.00 bits per heavy atom. The molecule has 2 N–H and O–H groups in total. The maximum absolute atomic E-state index is 13.0. The lowest BCUT2D eigenvalue weighted by molar-refractivity contribution is -0.136. The maximum atomic E-state index is 13.0. The first-order chi connectivity index (χ1) is 13.6. The highest BCUT2D eigenvalue weighted by Crippen LogP contribution is 2.34. The van der Waals surface area contributed by atoms with Crippen LogP contribution in [0, 0.1) is 0 Å². The van der Waals surface area contributed by atoms with Gasteiger partial charge in [-0.1, -0.05) is 24.3 Å². The lowest BCUT2D eigenvalue weighted by Crippen LogP contribution is -2.69. The van der Waals surface area contributed by atoms with E-state index in [9.17, 15) is 14.4 Å². The number of piperidine rings is 1. The number of hydrogen-bond acceptors (Lipinski definition) is 5. The molecule has 146 valence electrons. The van der Waals surface area contributed by atoms with Crippen molar-refractivity contribution in [2.45, 2.75) is 43.9 Å². The molecule has 4 aliphatic rings. The van der Waals surface area contributed by atoms with Crippen LogP contribution in [0.1, 0.15) is 40.7 Å². The van der Waals surface area contributed by atoms with Crippen molar-refractivity contribution >= 4 is 17.7 Å². The Bertz CT molecular complexity index is 890. The summed E-state index contributed by atoms with van der Waals surface area (Å²) >= 11 is 0. The van der Waals surface area contributed by atoms with Crippen LogP contribution in [0.25, 0.3) is 0 Å². The van der Waals surface area contributed by atoms with Gasteiger partial charge < -0.3 is 10.2 Å². The van der Waals surface area contributed by atoms with Crippen molar-refractivity contribution < 1.29 is 14.4 Å². The third-order valence-corrected chi connectivity index (χ3v) is 6.61. The molecule has 28 heavy (non-hydrogen) atoms. The lowest BCUT2D eigenvalue weighted by atomic mass is 9.83. The van der Waals surface area contributed by atoms with E-state index in [1.807, 2.05) is 12.1 Å². The van der Waals surface area contributed by atoms with Gasteiger partial charge in [-0.15, -0.1) is 0 Å². The van der Waals surface area contributed by atoms with Gasteiger partial charge in [-0.25, -0.2) is 0 Å². The van der Waals surface area contributed by atoms with Crippen LogP contribution in [0.5, 0.6) is 0 Å². The molecular weight excluding hydrogens is 356 g/mol. The molecule has 2 fully saturated rings. The minimum atomic E-state index is -0.564. The lowest BCUT2D eigenvalue weighted by Gasteiger charge is -2.52. The molecule has 0 saturated carbocycles. The molecule has 2 saturated heterocycles. The zero-order valence-electron chi connectivity index (χ0n) is 15.7. The quantitative estimate of drug-likeness (QED) is 0.591. The Labute approximate surface area is 163 Å². The monoisotopic (exact) mass is 380 g/mol. The SMILES string of the molecule is O=C1CCC(N2Cc3c(CN4CC=CCC45CNC5)cccc3C2=O)C(=O)N1. The van der Waals surface area contributed by atoms with Gasteiger partial charge in [-0.05, 0) is 30.0 Å². The predicted octanol–water partition coefficient (Wildman–Crippen LogP) is 0.552. The molecule has 4 heterocycles. The fraction of sp³-hybridized carbons (Fsp3) is 0.476. The molecule has 7 heteroatoms. The topological polar surface area (TPSA) is 81.8 Å². The Morgan fingerprint density at radius 1 is 1.14 bits per heavy atom. The van der Waals surface area contributed by atoms with Crippen LogP contribution in [0.3, 0.4) is 0 Å². The van der Waals surface area contributed by atoms with Gasteiger partial charge >= 0.3 is 0 Å². The molecule has 3 amide bonds. The highest BCUT2D eigenvalue weighted by Gasteiger charge is 2.44. The van der Waals surface area contributed by atoms with E-state index in [0.29, 0.717) is 18.5 Å². The molecule has 0 aromatic heterocycles. The van der Waals surface area contributed by atoms with Crippen molar-refractivity contribution in [3.05, 3.63) is 47.0 Å². The molecule has 1 atom stereocenters. The molecule has 4 aliphatic heterocycles. The Balaban J connectivity index is 1.40. The van der Waals surface area contributed by atoms with Crippen LogP contribution < -0.4 is 10.6 Å². The number of hydrogen-bond donors (Lipinski definition) is 2. The van der Waals surface area contributed by atoms with Gasteiger partial charge in [-0.2, -0.15) is 0 Å². The van der Waals surface area contributed by atoms with Gasteiger partial charge in [0.05, 0.1) is 0 Å². The molecule has 7 nitrogen and oxygen atoms in total. The number of imide groups is 1. The zero-order chi connectivity index (χ0) is 19.3. The highest BCUT2D eigenvalue weighted by molar-refractivity contribution is 6.05. The van der Waals surface area contributed by atoms with E-state index in [-0.39, 0.29) is 29.7 Å². The molecule has 0 aliphatic carbocycles. The normalized spacial score (nSPS) is 26.4. The second-order valence-electron chi connectivity index (χ2n) is 8.23. The number of fused-ring (bicyclic) bond motifs is 1. The third-order valence-electron chi connectivity index (χ3n) is 6.61. The van der Waals surface area contributed by atoms with E-state index in [1.54, 1.807) is 4.90 Å². The number of nitrogens with zero attached hydrogens (tertiary/aromatic N) is 2. The third kappa shape index (κ3) is 2.69. The van der Waals surface area contributed by atoms with Crippen molar-refractivity contribution in [2.75, 3.05) is 19.6 Å². The van der Waals surface area contributed by atoms with Crippen molar-refractivity contribution in [1.82, 2.24) is 20.4 Å². The maximum Gasteiger partial charge on any atom is 0.255 e. The average Bonchev–Trinajstić information content (AvgIpc) is 2.99. The number of carbonyl (C=O) groups is 3. The summed E-state index contributed by atoms with van der Waals surface area (Å²) in [7, 11) is 0. The summed E-state index contributed by atoms with van der Waals surface area (Å²) in [5.74, 6) is -0.729. The molecule has 0 bridgehead atoms. The van der Waals surface area contributed by atoms with E-state index in [4.69, 9.17) is 0 Å². The van der Waals surface area contributed by atoms with Gasteiger partial charge in [0.1, 0.15) is 6.04 Å². The first-order valence-electron chi connectivity index (χ1n) is 9.94. The van der Waals surface area contributed by atoms with Crippen molar-refractivity contribution in [3.63, 3.8) is 0 Å². The van der Waals surface area contributed by atoms with Gasteiger partial charge in [0.25, 0.3) is 5.91 Å². The summed E-state index contributed by atoms with van der Waals surface area (Å²) in [6.45, 7) is 4.13. The largest absolute Gasteiger partial charge is 0.322 e. The highest BCUT2D eigenvalue weighted by atomic mass is 16.2.